The van der Waals surface area contributed by atoms with E-state index in [1.165, 1.54) is 17.6 Å². The van der Waals surface area contributed by atoms with Crippen molar-refractivity contribution in [2.24, 2.45) is 5.92 Å². The van der Waals surface area contributed by atoms with Crippen LogP contribution in [0.4, 0.5) is 0 Å². The third-order valence-corrected chi connectivity index (χ3v) is 2.51. The highest BCUT2D eigenvalue weighted by Crippen LogP contribution is 2.27. The van der Waals surface area contributed by atoms with E-state index in [1.54, 1.807) is 5.57 Å². The first-order valence-electron chi connectivity index (χ1n) is 3.96. The quantitative estimate of drug-likeness (QED) is 0.479. The molecule has 0 amide bonds. The standard InChI is InChI=1S/C10H16/c1-7-5-9(3)10(4)6-8(7)2/h5,8H,6H2,1-4H3. The molecular weight excluding hydrogens is 120 g/mol. The third kappa shape index (κ3) is 1.31. The van der Waals surface area contributed by atoms with Gasteiger partial charge in [-0.15, -0.1) is 0 Å². The van der Waals surface area contributed by atoms with Crippen LogP contribution in [-0.2, 0) is 0 Å². The summed E-state index contributed by atoms with van der Waals surface area (Å²) in [6.07, 6.45) is 3.57. The van der Waals surface area contributed by atoms with Crippen LogP contribution in [0.1, 0.15) is 34.1 Å². The van der Waals surface area contributed by atoms with E-state index in [4.69, 9.17) is 0 Å². The first-order valence-corrected chi connectivity index (χ1v) is 3.96. The number of allylic oxidation sites excluding steroid dienone is 4. The van der Waals surface area contributed by atoms with Crippen molar-refractivity contribution in [3.05, 3.63) is 22.8 Å². The Morgan fingerprint density at radius 2 is 1.90 bits per heavy atom. The number of hydrogen-bond acceptors (Lipinski definition) is 0. The van der Waals surface area contributed by atoms with E-state index in [2.05, 4.69) is 33.8 Å². The highest BCUT2D eigenvalue weighted by Gasteiger charge is 2.11. The zero-order valence-electron chi connectivity index (χ0n) is 7.36. The molecule has 0 aliphatic heterocycles. The Kier molecular flexibility index (Phi) is 1.98. The third-order valence-electron chi connectivity index (χ3n) is 2.51. The maximum atomic E-state index is 2.31. The van der Waals surface area contributed by atoms with Gasteiger partial charge in [-0.2, -0.15) is 0 Å². The van der Waals surface area contributed by atoms with Crippen molar-refractivity contribution in [2.45, 2.75) is 34.1 Å². The van der Waals surface area contributed by atoms with Gasteiger partial charge < -0.3 is 0 Å². The van der Waals surface area contributed by atoms with Gasteiger partial charge in [0.05, 0.1) is 0 Å². The molecule has 0 nitrogen and oxygen atoms in total. The van der Waals surface area contributed by atoms with Crippen molar-refractivity contribution >= 4 is 0 Å². The second kappa shape index (κ2) is 2.61. The summed E-state index contributed by atoms with van der Waals surface area (Å²) in [6.45, 7) is 8.95. The van der Waals surface area contributed by atoms with Gasteiger partial charge in [-0.1, -0.05) is 29.7 Å². The largest absolute Gasteiger partial charge is 0.0699 e. The SMILES string of the molecule is CC1=CC(C)=C(C)CC1C. The Hall–Kier alpha value is -0.520. The van der Waals surface area contributed by atoms with Gasteiger partial charge in [0, 0.05) is 0 Å². The predicted octanol–water partition coefficient (Wildman–Crippen LogP) is 3.31. The van der Waals surface area contributed by atoms with E-state index in [9.17, 15) is 0 Å². The van der Waals surface area contributed by atoms with Crippen LogP contribution in [0, 0.1) is 5.92 Å². The Balaban J connectivity index is 2.88. The van der Waals surface area contributed by atoms with E-state index in [0.717, 1.165) is 5.92 Å². The van der Waals surface area contributed by atoms with Crippen molar-refractivity contribution in [3.8, 4) is 0 Å². The second-order valence-corrected chi connectivity index (χ2v) is 3.46. The Morgan fingerprint density at radius 3 is 2.40 bits per heavy atom. The van der Waals surface area contributed by atoms with Crippen LogP contribution in [-0.4, -0.2) is 0 Å². The van der Waals surface area contributed by atoms with Crippen LogP contribution in [0.5, 0.6) is 0 Å². The lowest BCUT2D eigenvalue weighted by atomic mass is 9.87. The average molecular weight is 136 g/mol. The maximum Gasteiger partial charge on any atom is -0.0194 e. The van der Waals surface area contributed by atoms with Crippen molar-refractivity contribution < 1.29 is 0 Å². The molecule has 0 bridgehead atoms. The van der Waals surface area contributed by atoms with Crippen LogP contribution in [0.2, 0.25) is 0 Å². The Labute approximate surface area is 63.6 Å². The Bertz CT molecular complexity index is 194. The summed E-state index contributed by atoms with van der Waals surface area (Å²) in [4.78, 5) is 0. The highest BCUT2D eigenvalue weighted by atomic mass is 14.2. The van der Waals surface area contributed by atoms with Crippen LogP contribution in [0.3, 0.4) is 0 Å². The van der Waals surface area contributed by atoms with E-state index in [1.807, 2.05) is 0 Å². The summed E-state index contributed by atoms with van der Waals surface area (Å²) in [5.74, 6) is 0.767. The molecule has 0 aromatic carbocycles. The van der Waals surface area contributed by atoms with Gasteiger partial charge in [0.15, 0.2) is 0 Å². The summed E-state index contributed by atoms with van der Waals surface area (Å²) in [5, 5.41) is 0. The second-order valence-electron chi connectivity index (χ2n) is 3.46. The fourth-order valence-electron chi connectivity index (χ4n) is 1.39. The maximum absolute atomic E-state index is 2.31. The van der Waals surface area contributed by atoms with Gasteiger partial charge in [0.25, 0.3) is 0 Å². The van der Waals surface area contributed by atoms with Crippen LogP contribution in [0.15, 0.2) is 22.8 Å². The minimum Gasteiger partial charge on any atom is -0.0699 e. The zero-order chi connectivity index (χ0) is 7.72. The monoisotopic (exact) mass is 136 g/mol. The first-order chi connectivity index (χ1) is 4.61. The lowest BCUT2D eigenvalue weighted by molar-refractivity contribution is 0.655. The predicted molar refractivity (Wildman–Crippen MR) is 45.9 cm³/mol. The molecule has 0 radical (unpaired) electrons. The molecule has 0 aromatic heterocycles. The molecule has 1 atom stereocenters. The fraction of sp³-hybridized carbons (Fsp3) is 0.600. The molecule has 1 unspecified atom stereocenters. The summed E-state index contributed by atoms with van der Waals surface area (Å²) >= 11 is 0. The smallest absolute Gasteiger partial charge is 0.0194 e. The minimum atomic E-state index is 0.767. The van der Waals surface area contributed by atoms with Gasteiger partial charge in [-0.3, -0.25) is 0 Å². The van der Waals surface area contributed by atoms with Crippen molar-refractivity contribution in [2.75, 3.05) is 0 Å². The molecule has 0 heterocycles. The highest BCUT2D eigenvalue weighted by molar-refractivity contribution is 5.31. The average Bonchev–Trinajstić information content (AvgIpc) is 1.84. The summed E-state index contributed by atoms with van der Waals surface area (Å²) in [5.41, 5.74) is 4.55. The molecule has 0 fully saturated rings. The molecule has 1 aliphatic rings. The number of hydrogen-bond donors (Lipinski definition) is 0. The van der Waals surface area contributed by atoms with Crippen molar-refractivity contribution in [1.82, 2.24) is 0 Å². The summed E-state index contributed by atoms with van der Waals surface area (Å²) in [6, 6.07) is 0. The van der Waals surface area contributed by atoms with Crippen molar-refractivity contribution in [1.29, 1.82) is 0 Å². The van der Waals surface area contributed by atoms with Gasteiger partial charge in [0.2, 0.25) is 0 Å². The molecule has 10 heavy (non-hydrogen) atoms. The van der Waals surface area contributed by atoms with E-state index < -0.39 is 0 Å². The van der Waals surface area contributed by atoms with E-state index in [-0.39, 0.29) is 0 Å². The lowest BCUT2D eigenvalue weighted by Gasteiger charge is -2.19. The molecule has 0 saturated heterocycles. The normalized spacial score (nSPS) is 26.8. The summed E-state index contributed by atoms with van der Waals surface area (Å²) in [7, 11) is 0. The van der Waals surface area contributed by atoms with Gasteiger partial charge in [0.1, 0.15) is 0 Å². The van der Waals surface area contributed by atoms with Crippen molar-refractivity contribution in [3.63, 3.8) is 0 Å². The van der Waals surface area contributed by atoms with Crippen LogP contribution in [0.25, 0.3) is 0 Å². The zero-order valence-corrected chi connectivity index (χ0v) is 7.36. The first kappa shape index (κ1) is 7.59. The fourth-order valence-corrected chi connectivity index (χ4v) is 1.39. The molecule has 0 aromatic rings. The lowest BCUT2D eigenvalue weighted by Crippen LogP contribution is -2.03. The topological polar surface area (TPSA) is 0 Å². The summed E-state index contributed by atoms with van der Waals surface area (Å²) < 4.78 is 0. The molecule has 1 aliphatic carbocycles. The van der Waals surface area contributed by atoms with Gasteiger partial charge in [-0.05, 0) is 33.1 Å². The van der Waals surface area contributed by atoms with Crippen LogP contribution >= 0.6 is 0 Å². The molecule has 0 heteroatoms. The number of rotatable bonds is 0. The molecular formula is C10H16. The molecule has 56 valence electrons. The molecule has 1 rings (SSSR count). The van der Waals surface area contributed by atoms with E-state index >= 15 is 0 Å². The minimum absolute atomic E-state index is 0.767. The van der Waals surface area contributed by atoms with Gasteiger partial charge >= 0.3 is 0 Å². The van der Waals surface area contributed by atoms with Gasteiger partial charge in [-0.25, -0.2) is 0 Å². The van der Waals surface area contributed by atoms with E-state index in [0.29, 0.717) is 0 Å². The molecule has 0 N–H and O–H groups in total. The Morgan fingerprint density at radius 1 is 1.30 bits per heavy atom. The van der Waals surface area contributed by atoms with Crippen LogP contribution < -0.4 is 0 Å². The molecule has 0 spiro atoms. The molecule has 0 saturated carbocycles.